The molecule has 2 rings (SSSR count). The average Bonchev–Trinajstić information content (AvgIpc) is 3.09. The summed E-state index contributed by atoms with van der Waals surface area (Å²) in [5.41, 5.74) is 0. The lowest BCUT2D eigenvalue weighted by molar-refractivity contribution is -0.130. The van der Waals surface area contributed by atoms with Crippen molar-refractivity contribution in [1.82, 2.24) is 9.21 Å². The summed E-state index contributed by atoms with van der Waals surface area (Å²) in [6.45, 7) is 0.977. The lowest BCUT2D eigenvalue weighted by atomic mass is 10.1. The maximum atomic E-state index is 12.2. The third-order valence-electron chi connectivity index (χ3n) is 3.41. The Morgan fingerprint density at radius 1 is 1.60 bits per heavy atom. The Kier molecular flexibility index (Phi) is 4.79. The van der Waals surface area contributed by atoms with Crippen LogP contribution in [0.4, 0.5) is 0 Å². The number of amides is 1. The second-order valence-corrected chi connectivity index (χ2v) is 8.09. The van der Waals surface area contributed by atoms with Crippen LogP contribution in [0.25, 0.3) is 0 Å². The van der Waals surface area contributed by atoms with Crippen molar-refractivity contribution in [1.29, 1.82) is 0 Å². The number of likely N-dealkylation sites (N-methyl/N-ethyl adjacent to an activating group) is 1. The molecule has 1 aliphatic heterocycles. The molecule has 1 amide bonds. The van der Waals surface area contributed by atoms with Gasteiger partial charge in [-0.15, -0.1) is 11.3 Å². The van der Waals surface area contributed by atoms with Gasteiger partial charge in [-0.25, -0.2) is 8.42 Å². The zero-order chi connectivity index (χ0) is 14.8. The van der Waals surface area contributed by atoms with Crippen molar-refractivity contribution in [3.05, 3.63) is 17.5 Å². The van der Waals surface area contributed by atoms with Crippen molar-refractivity contribution in [2.45, 2.75) is 10.6 Å². The fraction of sp³-hybridized carbons (Fsp3) is 0.583. The number of carbonyl (C=O) groups excluding carboxylic acids is 1. The summed E-state index contributed by atoms with van der Waals surface area (Å²) in [5, 5.41) is 10.7. The SMILES string of the molecule is CN(CC(=O)N1CCC(CO)C1)S(=O)(=O)c1cccs1. The van der Waals surface area contributed by atoms with Crippen LogP contribution in [-0.4, -0.2) is 61.9 Å². The van der Waals surface area contributed by atoms with Crippen molar-refractivity contribution in [2.75, 3.05) is 33.3 Å². The molecular weight excluding hydrogens is 300 g/mol. The first-order valence-corrected chi connectivity index (χ1v) is 8.65. The lowest BCUT2D eigenvalue weighted by Crippen LogP contribution is -2.40. The molecule has 0 aliphatic carbocycles. The fourth-order valence-electron chi connectivity index (χ4n) is 2.15. The minimum absolute atomic E-state index is 0.0626. The molecule has 1 N–H and O–H groups in total. The zero-order valence-corrected chi connectivity index (χ0v) is 12.9. The molecule has 1 saturated heterocycles. The molecule has 0 spiro atoms. The molecule has 8 heteroatoms. The molecule has 2 heterocycles. The van der Waals surface area contributed by atoms with Crippen molar-refractivity contribution >= 4 is 27.3 Å². The summed E-state index contributed by atoms with van der Waals surface area (Å²) in [5.74, 6) is -0.109. The Hall–Kier alpha value is -0.960. The van der Waals surface area contributed by atoms with Crippen molar-refractivity contribution in [3.63, 3.8) is 0 Å². The van der Waals surface area contributed by atoms with Gasteiger partial charge in [-0.05, 0) is 17.9 Å². The van der Waals surface area contributed by atoms with Crippen LogP contribution in [0.1, 0.15) is 6.42 Å². The third kappa shape index (κ3) is 3.20. The molecule has 1 fully saturated rings. The molecule has 1 atom stereocenters. The molecule has 0 bridgehead atoms. The van der Waals surface area contributed by atoms with E-state index in [4.69, 9.17) is 5.11 Å². The third-order valence-corrected chi connectivity index (χ3v) is 6.59. The van der Waals surface area contributed by atoms with E-state index in [1.54, 1.807) is 16.3 Å². The first-order valence-electron chi connectivity index (χ1n) is 6.33. The topological polar surface area (TPSA) is 77.9 Å². The summed E-state index contributed by atoms with van der Waals surface area (Å²) in [4.78, 5) is 13.7. The van der Waals surface area contributed by atoms with E-state index in [0.717, 1.165) is 22.1 Å². The molecule has 1 aromatic heterocycles. The molecule has 112 valence electrons. The van der Waals surface area contributed by atoms with E-state index in [0.29, 0.717) is 13.1 Å². The van der Waals surface area contributed by atoms with Crippen LogP contribution in [-0.2, 0) is 14.8 Å². The second-order valence-electron chi connectivity index (χ2n) is 4.87. The van der Waals surface area contributed by atoms with E-state index in [2.05, 4.69) is 0 Å². The van der Waals surface area contributed by atoms with Crippen LogP contribution in [0.5, 0.6) is 0 Å². The highest BCUT2D eigenvalue weighted by Crippen LogP contribution is 2.20. The first kappa shape index (κ1) is 15.4. The predicted molar refractivity (Wildman–Crippen MR) is 75.9 cm³/mol. The van der Waals surface area contributed by atoms with E-state index in [9.17, 15) is 13.2 Å². The van der Waals surface area contributed by atoms with Gasteiger partial charge in [-0.1, -0.05) is 6.07 Å². The van der Waals surface area contributed by atoms with Crippen molar-refractivity contribution < 1.29 is 18.3 Å². The van der Waals surface area contributed by atoms with E-state index in [1.807, 2.05) is 0 Å². The molecule has 1 unspecified atom stereocenters. The number of hydrogen-bond donors (Lipinski definition) is 1. The van der Waals surface area contributed by atoms with Gasteiger partial charge >= 0.3 is 0 Å². The number of hydrogen-bond acceptors (Lipinski definition) is 5. The Morgan fingerprint density at radius 3 is 2.90 bits per heavy atom. The van der Waals surface area contributed by atoms with Gasteiger partial charge in [0.15, 0.2) is 0 Å². The summed E-state index contributed by atoms with van der Waals surface area (Å²) in [6.07, 6.45) is 0.767. The van der Waals surface area contributed by atoms with Gasteiger partial charge in [0.05, 0.1) is 6.54 Å². The number of aliphatic hydroxyl groups excluding tert-OH is 1. The van der Waals surface area contributed by atoms with Crippen molar-refractivity contribution in [3.8, 4) is 0 Å². The molecule has 0 saturated carbocycles. The Balaban J connectivity index is 1.98. The molecule has 6 nitrogen and oxygen atoms in total. The quantitative estimate of drug-likeness (QED) is 0.842. The summed E-state index contributed by atoms with van der Waals surface area (Å²) >= 11 is 1.13. The Labute approximate surface area is 122 Å². The number of sulfonamides is 1. The predicted octanol–water partition coefficient (Wildman–Crippen LogP) is 0.209. The van der Waals surface area contributed by atoms with Crippen LogP contribution in [0.3, 0.4) is 0 Å². The van der Waals surface area contributed by atoms with E-state index < -0.39 is 10.0 Å². The summed E-state index contributed by atoms with van der Waals surface area (Å²) in [7, 11) is -2.18. The van der Waals surface area contributed by atoms with E-state index in [-0.39, 0.29) is 29.2 Å². The molecular formula is C12H18N2O4S2. The fourth-order valence-corrected chi connectivity index (χ4v) is 4.47. The maximum absolute atomic E-state index is 12.2. The van der Waals surface area contributed by atoms with Crippen LogP contribution in [0, 0.1) is 5.92 Å². The van der Waals surface area contributed by atoms with E-state index in [1.165, 1.54) is 13.1 Å². The molecule has 20 heavy (non-hydrogen) atoms. The highest BCUT2D eigenvalue weighted by atomic mass is 32.2. The number of likely N-dealkylation sites (tertiary alicyclic amines) is 1. The molecule has 0 radical (unpaired) electrons. The highest BCUT2D eigenvalue weighted by molar-refractivity contribution is 7.91. The van der Waals surface area contributed by atoms with Crippen LogP contribution >= 0.6 is 11.3 Å². The van der Waals surface area contributed by atoms with E-state index >= 15 is 0 Å². The Morgan fingerprint density at radius 2 is 2.35 bits per heavy atom. The largest absolute Gasteiger partial charge is 0.396 e. The van der Waals surface area contributed by atoms with Gasteiger partial charge in [0.25, 0.3) is 10.0 Å². The van der Waals surface area contributed by atoms with Gasteiger partial charge in [0, 0.05) is 32.7 Å². The van der Waals surface area contributed by atoms with Gasteiger partial charge in [0.1, 0.15) is 4.21 Å². The van der Waals surface area contributed by atoms with Gasteiger partial charge in [0.2, 0.25) is 5.91 Å². The summed E-state index contributed by atoms with van der Waals surface area (Å²) in [6, 6.07) is 3.19. The van der Waals surface area contributed by atoms with Gasteiger partial charge < -0.3 is 10.0 Å². The van der Waals surface area contributed by atoms with Crippen LogP contribution < -0.4 is 0 Å². The number of rotatable bonds is 5. The molecule has 1 aromatic rings. The normalized spacial score (nSPS) is 19.8. The van der Waals surface area contributed by atoms with Crippen LogP contribution in [0.15, 0.2) is 21.7 Å². The standard InChI is InChI=1S/C12H18N2O4S2/c1-13(20(17,18)12-3-2-6-19-12)8-11(16)14-5-4-10(7-14)9-15/h2-3,6,10,15H,4-5,7-9H2,1H3. The maximum Gasteiger partial charge on any atom is 0.252 e. The Bertz CT molecular complexity index is 556. The second kappa shape index (κ2) is 6.21. The number of aliphatic hydroxyl groups is 1. The number of thiophene rings is 1. The minimum Gasteiger partial charge on any atom is -0.396 e. The smallest absolute Gasteiger partial charge is 0.252 e. The number of carbonyl (C=O) groups is 1. The summed E-state index contributed by atoms with van der Waals surface area (Å²) < 4.78 is 25.7. The monoisotopic (exact) mass is 318 g/mol. The first-order chi connectivity index (χ1) is 9.45. The number of nitrogens with zero attached hydrogens (tertiary/aromatic N) is 2. The van der Waals surface area contributed by atoms with Gasteiger partial charge in [-0.2, -0.15) is 4.31 Å². The zero-order valence-electron chi connectivity index (χ0n) is 11.2. The lowest BCUT2D eigenvalue weighted by Gasteiger charge is -2.21. The minimum atomic E-state index is -3.58. The average molecular weight is 318 g/mol. The van der Waals surface area contributed by atoms with Gasteiger partial charge in [-0.3, -0.25) is 4.79 Å². The molecule has 1 aliphatic rings. The molecule has 0 aromatic carbocycles. The van der Waals surface area contributed by atoms with Crippen LogP contribution in [0.2, 0.25) is 0 Å². The van der Waals surface area contributed by atoms with Crippen molar-refractivity contribution in [2.24, 2.45) is 5.92 Å². The highest BCUT2D eigenvalue weighted by Gasteiger charge is 2.29.